The van der Waals surface area contributed by atoms with E-state index in [0.717, 1.165) is 0 Å². The van der Waals surface area contributed by atoms with Crippen molar-refractivity contribution in [2.24, 2.45) is 0 Å². The molecule has 2 N–H and O–H groups in total. The fourth-order valence-electron chi connectivity index (χ4n) is 1.09. The quantitative estimate of drug-likeness (QED) is 0.449. The number of para-hydroxylation sites is 1. The molecule has 0 aliphatic heterocycles. The summed E-state index contributed by atoms with van der Waals surface area (Å²) in [6.45, 7) is 1.48. The molecule has 1 rings (SSSR count). The number of aromatic hydroxyl groups is 1. The molecular formula is C11H10N2O4. The van der Waals surface area contributed by atoms with Gasteiger partial charge in [-0.25, -0.2) is 0 Å². The number of nitro groups is 1. The lowest BCUT2D eigenvalue weighted by molar-refractivity contribution is -0.385. The number of amides is 1. The SMILES string of the molecule is CC(=O)NCC#Cc1cccc([N+](=O)[O-])c1O. The highest BCUT2D eigenvalue weighted by Gasteiger charge is 2.14. The summed E-state index contributed by atoms with van der Waals surface area (Å²) in [5.41, 5.74) is -0.235. The van der Waals surface area contributed by atoms with Crippen molar-refractivity contribution in [3.05, 3.63) is 33.9 Å². The average molecular weight is 234 g/mol. The van der Waals surface area contributed by atoms with Crippen LogP contribution in [0.2, 0.25) is 0 Å². The van der Waals surface area contributed by atoms with E-state index in [1.54, 1.807) is 0 Å². The fraction of sp³-hybridized carbons (Fsp3) is 0.182. The molecule has 0 aromatic heterocycles. The topological polar surface area (TPSA) is 92.5 Å². The van der Waals surface area contributed by atoms with E-state index < -0.39 is 16.4 Å². The molecule has 0 aliphatic carbocycles. The molecule has 1 aromatic carbocycles. The van der Waals surface area contributed by atoms with Crippen LogP contribution in [0, 0.1) is 22.0 Å². The maximum Gasteiger partial charge on any atom is 0.312 e. The largest absolute Gasteiger partial charge is 0.501 e. The molecule has 1 aromatic rings. The molecule has 0 atom stereocenters. The van der Waals surface area contributed by atoms with Crippen molar-refractivity contribution in [2.45, 2.75) is 6.92 Å². The zero-order chi connectivity index (χ0) is 12.8. The van der Waals surface area contributed by atoms with Gasteiger partial charge in [0.25, 0.3) is 0 Å². The van der Waals surface area contributed by atoms with Gasteiger partial charge in [-0.3, -0.25) is 14.9 Å². The first-order valence-corrected chi connectivity index (χ1v) is 4.72. The van der Waals surface area contributed by atoms with Gasteiger partial charge in [0.1, 0.15) is 0 Å². The van der Waals surface area contributed by atoms with Crippen LogP contribution in [0.25, 0.3) is 0 Å². The van der Waals surface area contributed by atoms with Crippen LogP contribution in [-0.2, 0) is 4.79 Å². The molecule has 0 heterocycles. The average Bonchev–Trinajstić information content (AvgIpc) is 2.25. The number of nitrogens with one attached hydrogen (secondary N) is 1. The lowest BCUT2D eigenvalue weighted by Crippen LogP contribution is -2.19. The zero-order valence-electron chi connectivity index (χ0n) is 9.06. The second-order valence-electron chi connectivity index (χ2n) is 3.14. The predicted molar refractivity (Wildman–Crippen MR) is 60.3 cm³/mol. The van der Waals surface area contributed by atoms with Gasteiger partial charge in [0, 0.05) is 13.0 Å². The van der Waals surface area contributed by atoms with Crippen LogP contribution in [0.3, 0.4) is 0 Å². The van der Waals surface area contributed by atoms with Crippen LogP contribution >= 0.6 is 0 Å². The molecule has 0 unspecified atom stereocenters. The Balaban J connectivity index is 2.88. The van der Waals surface area contributed by atoms with Gasteiger partial charge in [0.2, 0.25) is 11.7 Å². The Bertz CT molecular complexity index is 514. The molecule has 1 amide bonds. The van der Waals surface area contributed by atoms with Crippen molar-refractivity contribution < 1.29 is 14.8 Å². The molecular weight excluding hydrogens is 224 g/mol. The van der Waals surface area contributed by atoms with Crippen LogP contribution in [0.4, 0.5) is 5.69 Å². The van der Waals surface area contributed by atoms with Crippen molar-refractivity contribution in [3.63, 3.8) is 0 Å². The summed E-state index contributed by atoms with van der Waals surface area (Å²) >= 11 is 0. The van der Waals surface area contributed by atoms with E-state index in [2.05, 4.69) is 17.2 Å². The minimum absolute atomic E-state index is 0.122. The number of rotatable bonds is 2. The Morgan fingerprint density at radius 3 is 2.88 bits per heavy atom. The third-order valence-electron chi connectivity index (χ3n) is 1.86. The Morgan fingerprint density at radius 2 is 2.29 bits per heavy atom. The Kier molecular flexibility index (Phi) is 4.06. The molecule has 0 fully saturated rings. The van der Waals surface area contributed by atoms with E-state index in [1.807, 2.05) is 0 Å². The van der Waals surface area contributed by atoms with E-state index in [0.29, 0.717) is 0 Å². The first-order valence-electron chi connectivity index (χ1n) is 4.72. The lowest BCUT2D eigenvalue weighted by Gasteiger charge is -1.97. The molecule has 0 spiro atoms. The molecule has 6 nitrogen and oxygen atoms in total. The van der Waals surface area contributed by atoms with Gasteiger partial charge in [-0.1, -0.05) is 17.9 Å². The van der Waals surface area contributed by atoms with Crippen molar-refractivity contribution in [3.8, 4) is 17.6 Å². The third kappa shape index (κ3) is 3.50. The smallest absolute Gasteiger partial charge is 0.312 e. The summed E-state index contributed by atoms with van der Waals surface area (Å²) in [6, 6.07) is 4.08. The molecule has 0 saturated heterocycles. The van der Waals surface area contributed by atoms with Crippen molar-refractivity contribution >= 4 is 11.6 Å². The van der Waals surface area contributed by atoms with E-state index in [-0.39, 0.29) is 18.0 Å². The molecule has 88 valence electrons. The lowest BCUT2D eigenvalue weighted by atomic mass is 10.2. The highest BCUT2D eigenvalue weighted by molar-refractivity contribution is 5.73. The summed E-state index contributed by atoms with van der Waals surface area (Å²) in [7, 11) is 0. The highest BCUT2D eigenvalue weighted by atomic mass is 16.6. The number of benzene rings is 1. The molecule has 0 radical (unpaired) electrons. The number of nitrogens with zero attached hydrogens (tertiary/aromatic N) is 1. The standard InChI is InChI=1S/C11H10N2O4/c1-8(14)12-7-3-5-9-4-2-6-10(11(9)15)13(16)17/h2,4,6,15H,7H2,1H3,(H,12,14). The second-order valence-corrected chi connectivity index (χ2v) is 3.14. The van der Waals surface area contributed by atoms with Gasteiger partial charge in [0.15, 0.2) is 0 Å². The minimum Gasteiger partial charge on any atom is -0.501 e. The number of hydrogen-bond acceptors (Lipinski definition) is 4. The first kappa shape index (κ1) is 12.5. The second kappa shape index (κ2) is 5.51. The summed E-state index contributed by atoms with van der Waals surface area (Å²) < 4.78 is 0. The van der Waals surface area contributed by atoms with Gasteiger partial charge in [0.05, 0.1) is 17.0 Å². The normalized spacial score (nSPS) is 9.00. The van der Waals surface area contributed by atoms with E-state index in [9.17, 15) is 20.0 Å². The highest BCUT2D eigenvalue weighted by Crippen LogP contribution is 2.28. The number of phenolic OH excluding ortho intramolecular Hbond substituents is 1. The maximum atomic E-state index is 10.5. The van der Waals surface area contributed by atoms with Crippen molar-refractivity contribution in [1.29, 1.82) is 0 Å². The van der Waals surface area contributed by atoms with Gasteiger partial charge < -0.3 is 10.4 Å². The summed E-state index contributed by atoms with van der Waals surface area (Å²) in [4.78, 5) is 20.4. The van der Waals surface area contributed by atoms with Crippen LogP contribution in [0.5, 0.6) is 5.75 Å². The van der Waals surface area contributed by atoms with Crippen LogP contribution < -0.4 is 5.32 Å². The number of phenols is 1. The molecule has 0 aliphatic rings. The molecule has 0 bridgehead atoms. The van der Waals surface area contributed by atoms with Crippen LogP contribution in [0.15, 0.2) is 18.2 Å². The summed E-state index contributed by atoms with van der Waals surface area (Å²) in [5, 5.41) is 22.5. The maximum absolute atomic E-state index is 10.5. The Labute approximate surface area is 97.4 Å². The molecule has 6 heteroatoms. The first-order chi connectivity index (χ1) is 8.02. The summed E-state index contributed by atoms with van der Waals surface area (Å²) in [6.07, 6.45) is 0. The van der Waals surface area contributed by atoms with Gasteiger partial charge >= 0.3 is 5.69 Å². The number of nitro benzene ring substituents is 1. The molecule has 17 heavy (non-hydrogen) atoms. The number of hydrogen-bond donors (Lipinski definition) is 2. The zero-order valence-corrected chi connectivity index (χ0v) is 9.06. The third-order valence-corrected chi connectivity index (χ3v) is 1.86. The fourth-order valence-corrected chi connectivity index (χ4v) is 1.09. The van der Waals surface area contributed by atoms with Crippen LogP contribution in [0.1, 0.15) is 12.5 Å². The van der Waals surface area contributed by atoms with Gasteiger partial charge in [-0.15, -0.1) is 0 Å². The van der Waals surface area contributed by atoms with E-state index in [1.165, 1.54) is 25.1 Å². The van der Waals surface area contributed by atoms with Crippen molar-refractivity contribution in [2.75, 3.05) is 6.54 Å². The Hall–Kier alpha value is -2.55. The van der Waals surface area contributed by atoms with E-state index >= 15 is 0 Å². The molecule has 0 saturated carbocycles. The summed E-state index contributed by atoms with van der Waals surface area (Å²) in [5.74, 6) is 4.44. The van der Waals surface area contributed by atoms with Gasteiger partial charge in [-0.05, 0) is 6.07 Å². The minimum atomic E-state index is -0.686. The number of carbonyl (C=O) groups is 1. The van der Waals surface area contributed by atoms with E-state index in [4.69, 9.17) is 0 Å². The monoisotopic (exact) mass is 234 g/mol. The number of carbonyl (C=O) groups excluding carboxylic acids is 1. The van der Waals surface area contributed by atoms with Crippen molar-refractivity contribution in [1.82, 2.24) is 5.32 Å². The predicted octanol–water partition coefficient (Wildman–Crippen LogP) is 0.788. The Morgan fingerprint density at radius 1 is 1.59 bits per heavy atom. The van der Waals surface area contributed by atoms with Gasteiger partial charge in [-0.2, -0.15) is 0 Å². The van der Waals surface area contributed by atoms with Crippen LogP contribution in [-0.4, -0.2) is 22.5 Å².